The molecule has 3 nitrogen and oxygen atoms in total. The van der Waals surface area contributed by atoms with Gasteiger partial charge in [-0.05, 0) is 57.7 Å². The van der Waals surface area contributed by atoms with Crippen LogP contribution in [0.3, 0.4) is 0 Å². The first-order valence-electron chi connectivity index (χ1n) is 7.80. The highest BCUT2D eigenvalue weighted by Gasteiger charge is 2.40. The molecule has 1 N–H and O–H groups in total. The Hall–Kier alpha value is -1.06. The van der Waals surface area contributed by atoms with E-state index in [-0.39, 0.29) is 6.10 Å². The zero-order chi connectivity index (χ0) is 14.1. The van der Waals surface area contributed by atoms with E-state index in [4.69, 9.17) is 9.47 Å². The number of rotatable bonds is 5. The molecular formula is C17H25NO2. The maximum absolute atomic E-state index is 5.90. The molecule has 0 aromatic heterocycles. The average molecular weight is 275 g/mol. The number of benzene rings is 1. The molecule has 2 saturated heterocycles. The van der Waals surface area contributed by atoms with Gasteiger partial charge in [-0.2, -0.15) is 0 Å². The predicted molar refractivity (Wildman–Crippen MR) is 80.1 cm³/mol. The molecule has 0 aliphatic carbocycles. The van der Waals surface area contributed by atoms with Crippen LogP contribution < -0.4 is 10.1 Å². The van der Waals surface area contributed by atoms with Crippen molar-refractivity contribution in [1.82, 2.24) is 5.32 Å². The number of fused-ring (bicyclic) bond motifs is 2. The Kier molecular flexibility index (Phi) is 3.99. The number of hydrogen-bond acceptors (Lipinski definition) is 3. The Morgan fingerprint density at radius 2 is 1.90 bits per heavy atom. The maximum atomic E-state index is 5.90. The van der Waals surface area contributed by atoms with Gasteiger partial charge in [0.25, 0.3) is 0 Å². The zero-order valence-corrected chi connectivity index (χ0v) is 12.6. The molecule has 2 aliphatic rings. The summed E-state index contributed by atoms with van der Waals surface area (Å²) < 4.78 is 11.6. The van der Waals surface area contributed by atoms with Gasteiger partial charge in [0.1, 0.15) is 5.75 Å². The predicted octanol–water partition coefficient (Wildman–Crippen LogP) is 3.44. The van der Waals surface area contributed by atoms with Crippen LogP contribution in [-0.2, 0) is 4.74 Å². The van der Waals surface area contributed by atoms with Crippen LogP contribution in [0.25, 0.3) is 0 Å². The van der Waals surface area contributed by atoms with Gasteiger partial charge in [0.05, 0.1) is 18.3 Å². The van der Waals surface area contributed by atoms with Crippen molar-refractivity contribution < 1.29 is 9.47 Å². The summed E-state index contributed by atoms with van der Waals surface area (Å²) in [5.41, 5.74) is 1.31. The van der Waals surface area contributed by atoms with Crippen molar-refractivity contribution in [2.24, 2.45) is 0 Å². The maximum Gasteiger partial charge on any atom is 0.119 e. The van der Waals surface area contributed by atoms with Gasteiger partial charge < -0.3 is 14.8 Å². The van der Waals surface area contributed by atoms with E-state index in [9.17, 15) is 0 Å². The smallest absolute Gasteiger partial charge is 0.119 e. The van der Waals surface area contributed by atoms with Gasteiger partial charge in [-0.25, -0.2) is 0 Å². The summed E-state index contributed by atoms with van der Waals surface area (Å²) in [6, 6.07) is 9.31. The molecular weight excluding hydrogens is 250 g/mol. The molecule has 2 fully saturated rings. The lowest BCUT2D eigenvalue weighted by Gasteiger charge is -2.25. The highest BCUT2D eigenvalue weighted by Crippen LogP contribution is 2.35. The fourth-order valence-electron chi connectivity index (χ4n) is 3.34. The molecule has 2 bridgehead atoms. The van der Waals surface area contributed by atoms with Crippen LogP contribution >= 0.6 is 0 Å². The summed E-state index contributed by atoms with van der Waals surface area (Å²) >= 11 is 0. The summed E-state index contributed by atoms with van der Waals surface area (Å²) in [5, 5.41) is 3.72. The molecule has 110 valence electrons. The Morgan fingerprint density at radius 1 is 1.15 bits per heavy atom. The molecule has 1 aromatic carbocycles. The molecule has 0 amide bonds. The van der Waals surface area contributed by atoms with Gasteiger partial charge in [-0.3, -0.25) is 0 Å². The molecule has 3 heteroatoms. The van der Waals surface area contributed by atoms with Crippen molar-refractivity contribution in [2.45, 2.75) is 70.4 Å². The molecule has 4 unspecified atom stereocenters. The van der Waals surface area contributed by atoms with Crippen molar-refractivity contribution >= 4 is 0 Å². The third-order valence-corrected chi connectivity index (χ3v) is 4.32. The molecule has 4 atom stereocenters. The van der Waals surface area contributed by atoms with Crippen molar-refractivity contribution in [3.8, 4) is 5.75 Å². The topological polar surface area (TPSA) is 30.5 Å². The highest BCUT2D eigenvalue weighted by atomic mass is 16.5. The summed E-state index contributed by atoms with van der Waals surface area (Å²) in [6.45, 7) is 6.32. The molecule has 0 saturated carbocycles. The second-order valence-electron chi connectivity index (χ2n) is 6.34. The van der Waals surface area contributed by atoms with Crippen molar-refractivity contribution in [2.75, 3.05) is 0 Å². The summed E-state index contributed by atoms with van der Waals surface area (Å²) in [5.74, 6) is 0.944. The van der Waals surface area contributed by atoms with Crippen molar-refractivity contribution in [1.29, 1.82) is 0 Å². The van der Waals surface area contributed by atoms with E-state index in [2.05, 4.69) is 36.5 Å². The minimum absolute atomic E-state index is 0.225. The van der Waals surface area contributed by atoms with E-state index in [1.165, 1.54) is 24.8 Å². The first-order valence-corrected chi connectivity index (χ1v) is 7.80. The molecule has 20 heavy (non-hydrogen) atoms. The molecule has 2 aliphatic heterocycles. The lowest BCUT2D eigenvalue weighted by Crippen LogP contribution is -2.38. The van der Waals surface area contributed by atoms with Crippen LogP contribution in [0.1, 0.15) is 51.6 Å². The van der Waals surface area contributed by atoms with Gasteiger partial charge >= 0.3 is 0 Å². The Balaban J connectivity index is 1.58. The average Bonchev–Trinajstić information content (AvgIpc) is 3.01. The first-order chi connectivity index (χ1) is 9.61. The standard InChI is InChI=1S/C17H25NO2/c1-11(2)19-14-6-4-13(5-7-14)12(3)18-16-10-15-8-9-17(16)20-15/h4-7,11-12,15-18H,8-10H2,1-3H3. The van der Waals surface area contributed by atoms with E-state index < -0.39 is 0 Å². The largest absolute Gasteiger partial charge is 0.491 e. The van der Waals surface area contributed by atoms with Gasteiger partial charge in [0.15, 0.2) is 0 Å². The van der Waals surface area contributed by atoms with Crippen LogP contribution in [0, 0.1) is 0 Å². The van der Waals surface area contributed by atoms with Gasteiger partial charge in [0, 0.05) is 12.1 Å². The van der Waals surface area contributed by atoms with E-state index in [0.29, 0.717) is 24.3 Å². The Morgan fingerprint density at radius 3 is 2.45 bits per heavy atom. The number of nitrogens with one attached hydrogen (secondary N) is 1. The summed E-state index contributed by atoms with van der Waals surface area (Å²) in [4.78, 5) is 0. The molecule has 2 heterocycles. The zero-order valence-electron chi connectivity index (χ0n) is 12.6. The normalized spacial score (nSPS) is 29.9. The molecule has 0 spiro atoms. The van der Waals surface area contributed by atoms with Crippen LogP contribution in [0.15, 0.2) is 24.3 Å². The fourth-order valence-corrected chi connectivity index (χ4v) is 3.34. The first kappa shape index (κ1) is 13.9. The molecule has 0 radical (unpaired) electrons. The summed E-state index contributed by atoms with van der Waals surface area (Å²) in [7, 11) is 0. The lowest BCUT2D eigenvalue weighted by atomic mass is 9.94. The van der Waals surface area contributed by atoms with Crippen LogP contribution in [0.2, 0.25) is 0 Å². The Bertz CT molecular complexity index is 443. The van der Waals surface area contributed by atoms with Crippen molar-refractivity contribution in [3.05, 3.63) is 29.8 Å². The fraction of sp³-hybridized carbons (Fsp3) is 0.647. The molecule has 3 rings (SSSR count). The third kappa shape index (κ3) is 2.99. The summed E-state index contributed by atoms with van der Waals surface area (Å²) in [6.07, 6.45) is 4.80. The highest BCUT2D eigenvalue weighted by molar-refractivity contribution is 5.29. The van der Waals surface area contributed by atoms with E-state index in [0.717, 1.165) is 5.75 Å². The second kappa shape index (κ2) is 5.74. The van der Waals surface area contributed by atoms with E-state index >= 15 is 0 Å². The number of hydrogen-bond donors (Lipinski definition) is 1. The van der Waals surface area contributed by atoms with Crippen molar-refractivity contribution in [3.63, 3.8) is 0 Å². The third-order valence-electron chi connectivity index (χ3n) is 4.32. The minimum atomic E-state index is 0.225. The van der Waals surface area contributed by atoms with Crippen LogP contribution in [-0.4, -0.2) is 24.4 Å². The molecule has 1 aromatic rings. The SMILES string of the molecule is CC(C)Oc1ccc(C(C)NC2CC3CCC2O3)cc1. The van der Waals surface area contributed by atoms with E-state index in [1.54, 1.807) is 0 Å². The van der Waals surface area contributed by atoms with E-state index in [1.807, 2.05) is 13.8 Å². The van der Waals surface area contributed by atoms with Gasteiger partial charge in [-0.1, -0.05) is 12.1 Å². The minimum Gasteiger partial charge on any atom is -0.491 e. The number of ether oxygens (including phenoxy) is 2. The second-order valence-corrected chi connectivity index (χ2v) is 6.34. The monoisotopic (exact) mass is 275 g/mol. The van der Waals surface area contributed by atoms with Gasteiger partial charge in [0.2, 0.25) is 0 Å². The Labute approximate surface area is 121 Å². The van der Waals surface area contributed by atoms with Crippen LogP contribution in [0.4, 0.5) is 0 Å². The quantitative estimate of drug-likeness (QED) is 0.893. The van der Waals surface area contributed by atoms with Crippen LogP contribution in [0.5, 0.6) is 5.75 Å². The van der Waals surface area contributed by atoms with Gasteiger partial charge in [-0.15, -0.1) is 0 Å². The lowest BCUT2D eigenvalue weighted by molar-refractivity contribution is 0.0962.